The lowest BCUT2D eigenvalue weighted by molar-refractivity contribution is -0.143. The highest BCUT2D eigenvalue weighted by molar-refractivity contribution is 5.92. The Morgan fingerprint density at radius 3 is 2.16 bits per heavy atom. The van der Waals surface area contributed by atoms with Gasteiger partial charge in [-0.2, -0.15) is 0 Å². The smallest absolute Gasteiger partial charge is 0.266 e. The fraction of sp³-hybridized carbons (Fsp3) is 0.343. The number of hydroxylamine groups is 2. The molecule has 3 aromatic carbocycles. The van der Waals surface area contributed by atoms with E-state index in [4.69, 9.17) is 4.84 Å². The van der Waals surface area contributed by atoms with Crippen molar-refractivity contribution in [2.45, 2.75) is 58.6 Å². The summed E-state index contributed by atoms with van der Waals surface area (Å²) < 4.78 is 0. The van der Waals surface area contributed by atoms with Gasteiger partial charge in [0.05, 0.1) is 12.5 Å². The minimum Gasteiger partial charge on any atom is -0.361 e. The molecule has 4 aromatic rings. The van der Waals surface area contributed by atoms with Gasteiger partial charge in [0.2, 0.25) is 11.8 Å². The topological polar surface area (TPSA) is 133 Å². The molecule has 0 aliphatic heterocycles. The number of benzene rings is 3. The first-order valence-corrected chi connectivity index (χ1v) is 15.1. The van der Waals surface area contributed by atoms with Crippen molar-refractivity contribution in [2.24, 2.45) is 17.8 Å². The van der Waals surface area contributed by atoms with Gasteiger partial charge < -0.3 is 10.3 Å². The molecule has 0 bridgehead atoms. The average molecular weight is 599 g/mol. The summed E-state index contributed by atoms with van der Waals surface area (Å²) in [4.78, 5) is 49.1. The number of hydrogen-bond acceptors (Lipinski definition) is 5. The number of H-pyrrole nitrogens is 1. The van der Waals surface area contributed by atoms with E-state index in [-0.39, 0.29) is 18.9 Å². The van der Waals surface area contributed by atoms with Crippen molar-refractivity contribution in [1.82, 2.24) is 21.3 Å². The van der Waals surface area contributed by atoms with Crippen LogP contribution in [-0.2, 0) is 38.7 Å². The van der Waals surface area contributed by atoms with E-state index in [0.29, 0.717) is 19.3 Å². The first-order valence-electron chi connectivity index (χ1n) is 15.1. The number of fused-ring (bicyclic) bond motifs is 1. The molecule has 0 aliphatic carbocycles. The van der Waals surface area contributed by atoms with Crippen molar-refractivity contribution in [3.8, 4) is 0 Å². The first kappa shape index (κ1) is 32.4. The zero-order chi connectivity index (χ0) is 31.3. The zero-order valence-electron chi connectivity index (χ0n) is 25.3. The van der Waals surface area contributed by atoms with E-state index in [1.807, 2.05) is 105 Å². The molecule has 5 N–H and O–H groups in total. The van der Waals surface area contributed by atoms with Crippen LogP contribution in [-0.4, -0.2) is 34.0 Å². The minimum absolute atomic E-state index is 0.0870. The van der Waals surface area contributed by atoms with Gasteiger partial charge in [-0.1, -0.05) is 92.7 Å². The highest BCUT2D eigenvalue weighted by atomic mass is 16.6. The molecule has 4 rings (SSSR count). The minimum atomic E-state index is -0.978. The monoisotopic (exact) mass is 598 g/mol. The standard InChI is InChI=1S/C35H42N4O5/c1-24(2)20-30(29(34(41)38-43)18-11-16-25-12-5-3-6-13-25)33(40)37-32(21-27-22-36-31-19-10-9-17-28(27)31)35(42)39-44-23-26-14-7-4-8-15-26/h3-10,12-15,17,19,22,24,29-30,32,36,43H,11,16,18,20-21,23H2,1-2H3,(H,37,40)(H,38,41)(H,39,42)/t29-,30+,32-/m0/s1. The number of aryl methyl sites for hydroxylation is 1. The van der Waals surface area contributed by atoms with E-state index in [9.17, 15) is 19.6 Å². The Morgan fingerprint density at radius 1 is 0.818 bits per heavy atom. The molecule has 0 spiro atoms. The van der Waals surface area contributed by atoms with Crippen molar-refractivity contribution < 1.29 is 24.4 Å². The van der Waals surface area contributed by atoms with Gasteiger partial charge in [0, 0.05) is 29.4 Å². The van der Waals surface area contributed by atoms with Gasteiger partial charge in [0.25, 0.3) is 5.91 Å². The van der Waals surface area contributed by atoms with Crippen LogP contribution in [0.15, 0.2) is 91.1 Å². The normalized spacial score (nSPS) is 13.3. The molecular formula is C35H42N4O5. The quantitative estimate of drug-likeness (QED) is 0.0888. The first-order chi connectivity index (χ1) is 21.4. The van der Waals surface area contributed by atoms with E-state index in [2.05, 4.69) is 15.8 Å². The van der Waals surface area contributed by atoms with Crippen LogP contribution < -0.4 is 16.3 Å². The lowest BCUT2D eigenvalue weighted by atomic mass is 9.80. The molecule has 0 unspecified atom stereocenters. The zero-order valence-corrected chi connectivity index (χ0v) is 25.3. The molecule has 0 radical (unpaired) electrons. The lowest BCUT2D eigenvalue weighted by Gasteiger charge is -2.28. The van der Waals surface area contributed by atoms with Crippen LogP contribution >= 0.6 is 0 Å². The van der Waals surface area contributed by atoms with Gasteiger partial charge in [-0.15, -0.1) is 0 Å². The summed E-state index contributed by atoms with van der Waals surface area (Å²) in [5.74, 6) is -2.99. The van der Waals surface area contributed by atoms with Crippen LogP contribution in [0.5, 0.6) is 0 Å². The largest absolute Gasteiger partial charge is 0.361 e. The summed E-state index contributed by atoms with van der Waals surface area (Å²) in [6.07, 6.45) is 4.22. The Kier molecular flexibility index (Phi) is 12.1. The molecule has 44 heavy (non-hydrogen) atoms. The second-order valence-electron chi connectivity index (χ2n) is 11.6. The molecule has 3 amide bonds. The summed E-state index contributed by atoms with van der Waals surface area (Å²) in [7, 11) is 0. The van der Waals surface area contributed by atoms with E-state index >= 15 is 0 Å². The van der Waals surface area contributed by atoms with Gasteiger partial charge in [-0.25, -0.2) is 11.0 Å². The molecule has 0 saturated heterocycles. The molecule has 0 saturated carbocycles. The maximum Gasteiger partial charge on any atom is 0.266 e. The summed E-state index contributed by atoms with van der Waals surface area (Å²) in [6.45, 7) is 4.12. The third kappa shape index (κ3) is 9.26. The SMILES string of the molecule is CC(C)C[C@@H](C(=O)N[C@@H](Cc1c[nH]c2ccccc12)C(=O)NOCc1ccccc1)[C@H](CCCc1ccccc1)C(=O)NO. The Morgan fingerprint density at radius 2 is 1.48 bits per heavy atom. The molecular weight excluding hydrogens is 556 g/mol. The van der Waals surface area contributed by atoms with Gasteiger partial charge in [-0.05, 0) is 54.4 Å². The van der Waals surface area contributed by atoms with Crippen molar-refractivity contribution in [2.75, 3.05) is 0 Å². The number of aromatic amines is 1. The van der Waals surface area contributed by atoms with Crippen LogP contribution in [0.4, 0.5) is 0 Å². The summed E-state index contributed by atoms with van der Waals surface area (Å²) in [5, 5.41) is 13.5. The Bertz CT molecular complexity index is 1490. The molecule has 0 fully saturated rings. The fourth-order valence-electron chi connectivity index (χ4n) is 5.57. The highest BCUT2D eigenvalue weighted by Crippen LogP contribution is 2.27. The summed E-state index contributed by atoms with van der Waals surface area (Å²) >= 11 is 0. The summed E-state index contributed by atoms with van der Waals surface area (Å²) in [6, 6.07) is 26.1. The lowest BCUT2D eigenvalue weighted by Crippen LogP contribution is -2.51. The third-order valence-electron chi connectivity index (χ3n) is 7.80. The maximum atomic E-state index is 14.0. The Balaban J connectivity index is 1.53. The molecule has 9 heteroatoms. The number of hydrogen-bond donors (Lipinski definition) is 5. The van der Waals surface area contributed by atoms with Gasteiger partial charge in [0.1, 0.15) is 6.04 Å². The molecule has 0 aliphatic rings. The number of nitrogens with one attached hydrogen (secondary N) is 4. The second-order valence-corrected chi connectivity index (χ2v) is 11.6. The molecule has 1 aromatic heterocycles. The van der Waals surface area contributed by atoms with E-state index in [1.54, 1.807) is 5.48 Å². The highest BCUT2D eigenvalue weighted by Gasteiger charge is 2.36. The van der Waals surface area contributed by atoms with Crippen LogP contribution in [0.2, 0.25) is 0 Å². The molecule has 3 atom stereocenters. The van der Waals surface area contributed by atoms with E-state index in [0.717, 1.165) is 34.0 Å². The average Bonchev–Trinajstić information content (AvgIpc) is 3.45. The van der Waals surface area contributed by atoms with Crippen molar-refractivity contribution in [3.05, 3.63) is 108 Å². The van der Waals surface area contributed by atoms with Gasteiger partial charge in [-0.3, -0.25) is 24.4 Å². The Hall–Kier alpha value is -4.47. The van der Waals surface area contributed by atoms with Crippen molar-refractivity contribution in [1.29, 1.82) is 0 Å². The number of para-hydroxylation sites is 1. The second kappa shape index (κ2) is 16.4. The number of aromatic nitrogens is 1. The maximum absolute atomic E-state index is 14.0. The number of amides is 3. The van der Waals surface area contributed by atoms with Crippen LogP contribution in [0.3, 0.4) is 0 Å². The number of rotatable bonds is 16. The van der Waals surface area contributed by atoms with Gasteiger partial charge in [0.15, 0.2) is 0 Å². The van der Waals surface area contributed by atoms with Crippen LogP contribution in [0, 0.1) is 17.8 Å². The van der Waals surface area contributed by atoms with Crippen LogP contribution in [0.25, 0.3) is 10.9 Å². The predicted molar refractivity (Wildman–Crippen MR) is 169 cm³/mol. The number of carbonyl (C=O) groups excluding carboxylic acids is 3. The van der Waals surface area contributed by atoms with Crippen molar-refractivity contribution in [3.63, 3.8) is 0 Å². The van der Waals surface area contributed by atoms with E-state index < -0.39 is 35.6 Å². The fourth-order valence-corrected chi connectivity index (χ4v) is 5.57. The third-order valence-corrected chi connectivity index (χ3v) is 7.80. The Labute approximate surface area is 258 Å². The molecule has 1 heterocycles. The van der Waals surface area contributed by atoms with Gasteiger partial charge >= 0.3 is 0 Å². The van der Waals surface area contributed by atoms with Crippen LogP contribution in [0.1, 0.15) is 49.8 Å². The molecule has 232 valence electrons. The summed E-state index contributed by atoms with van der Waals surface area (Å²) in [5.41, 5.74) is 8.08. The predicted octanol–water partition coefficient (Wildman–Crippen LogP) is 5.25. The number of carbonyl (C=O) groups is 3. The van der Waals surface area contributed by atoms with E-state index in [1.165, 1.54) is 0 Å². The van der Waals surface area contributed by atoms with Crippen molar-refractivity contribution >= 4 is 28.6 Å². The molecule has 9 nitrogen and oxygen atoms in total.